The number of aromatic nitrogens is 3. The average Bonchev–Trinajstić information content (AvgIpc) is 3.52. The lowest BCUT2D eigenvalue weighted by Gasteiger charge is -2.25. The molecule has 1 aliphatic rings. The van der Waals surface area contributed by atoms with Gasteiger partial charge in [0.25, 0.3) is 11.8 Å². The SMILES string of the molecule is COC(=O)c1cnc(C(=O)N[C@H]2CCCCNC(=O)[C@@H](Cc3ccccc3)NC(=O)c3csc(n3)[C@@H](C(C)C)NC2=O)cn1. The molecular weight excluding hydrogens is 586 g/mol. The monoisotopic (exact) mass is 621 g/mol. The molecule has 14 heteroatoms. The van der Waals surface area contributed by atoms with Crippen molar-refractivity contribution in [2.45, 2.75) is 57.7 Å². The summed E-state index contributed by atoms with van der Waals surface area (Å²) >= 11 is 1.22. The van der Waals surface area contributed by atoms with E-state index in [1.54, 1.807) is 5.38 Å². The molecule has 0 fully saturated rings. The third kappa shape index (κ3) is 8.43. The van der Waals surface area contributed by atoms with Crippen LogP contribution in [0.1, 0.15) is 81.2 Å². The molecule has 0 radical (unpaired) electrons. The lowest BCUT2D eigenvalue weighted by atomic mass is 10.0. The number of hydrogen-bond acceptors (Lipinski definition) is 10. The van der Waals surface area contributed by atoms with Gasteiger partial charge in [-0.15, -0.1) is 11.3 Å². The van der Waals surface area contributed by atoms with Gasteiger partial charge < -0.3 is 26.0 Å². The smallest absolute Gasteiger partial charge is 0.358 e. The lowest BCUT2D eigenvalue weighted by molar-refractivity contribution is -0.124. The molecule has 3 heterocycles. The molecule has 0 aliphatic carbocycles. The summed E-state index contributed by atoms with van der Waals surface area (Å²) in [6.07, 6.45) is 3.85. The van der Waals surface area contributed by atoms with Crippen LogP contribution in [0.4, 0.5) is 0 Å². The second-order valence-electron chi connectivity index (χ2n) is 10.6. The van der Waals surface area contributed by atoms with E-state index in [-0.39, 0.29) is 35.3 Å². The predicted octanol–water partition coefficient (Wildman–Crippen LogP) is 1.97. The number of benzene rings is 1. The van der Waals surface area contributed by atoms with Crippen LogP contribution in [0.2, 0.25) is 0 Å². The first-order chi connectivity index (χ1) is 21.2. The number of fused-ring (bicyclic) bond motifs is 2. The Morgan fingerprint density at radius 1 is 1.02 bits per heavy atom. The maximum Gasteiger partial charge on any atom is 0.358 e. The van der Waals surface area contributed by atoms with Gasteiger partial charge in [-0.1, -0.05) is 44.2 Å². The van der Waals surface area contributed by atoms with Crippen LogP contribution in [0, 0.1) is 5.92 Å². The van der Waals surface area contributed by atoms with Crippen molar-refractivity contribution in [2.24, 2.45) is 5.92 Å². The largest absolute Gasteiger partial charge is 0.464 e. The molecule has 1 aromatic carbocycles. The number of nitrogens with zero attached hydrogens (tertiary/aromatic N) is 3. The highest BCUT2D eigenvalue weighted by atomic mass is 32.1. The molecular formula is C30H35N7O6S. The molecule has 44 heavy (non-hydrogen) atoms. The van der Waals surface area contributed by atoms with Gasteiger partial charge >= 0.3 is 5.97 Å². The van der Waals surface area contributed by atoms with Crippen LogP contribution in [0.5, 0.6) is 0 Å². The number of ether oxygens (including phenoxy) is 1. The second kappa shape index (κ2) is 15.1. The maximum absolute atomic E-state index is 13.5. The number of amides is 4. The lowest BCUT2D eigenvalue weighted by Crippen LogP contribution is -2.49. The fourth-order valence-corrected chi connectivity index (χ4v) is 5.58. The highest BCUT2D eigenvalue weighted by Crippen LogP contribution is 2.26. The minimum Gasteiger partial charge on any atom is -0.464 e. The summed E-state index contributed by atoms with van der Waals surface area (Å²) in [6, 6.07) is 7.11. The minimum atomic E-state index is -0.942. The third-order valence-corrected chi connectivity index (χ3v) is 7.94. The molecule has 2 bridgehead atoms. The topological polar surface area (TPSA) is 181 Å². The third-order valence-electron chi connectivity index (χ3n) is 7.01. The summed E-state index contributed by atoms with van der Waals surface area (Å²) in [4.78, 5) is 77.0. The first kappa shape index (κ1) is 32.2. The first-order valence-electron chi connectivity index (χ1n) is 14.3. The number of nitrogens with one attached hydrogen (secondary N) is 4. The number of carbonyl (C=O) groups excluding carboxylic acids is 5. The van der Waals surface area contributed by atoms with Crippen LogP contribution in [-0.4, -0.2) is 70.3 Å². The van der Waals surface area contributed by atoms with E-state index in [0.717, 1.165) is 18.0 Å². The van der Waals surface area contributed by atoms with Crippen molar-refractivity contribution in [2.75, 3.05) is 13.7 Å². The maximum atomic E-state index is 13.5. The van der Waals surface area contributed by atoms with E-state index in [9.17, 15) is 24.0 Å². The van der Waals surface area contributed by atoms with E-state index < -0.39 is 41.8 Å². The molecule has 4 N–H and O–H groups in total. The van der Waals surface area contributed by atoms with Gasteiger partial charge in [0.1, 0.15) is 28.5 Å². The second-order valence-corrected chi connectivity index (χ2v) is 11.5. The number of carbonyl (C=O) groups is 5. The van der Waals surface area contributed by atoms with Crippen molar-refractivity contribution < 1.29 is 28.7 Å². The zero-order valence-electron chi connectivity index (χ0n) is 24.7. The van der Waals surface area contributed by atoms with Crippen LogP contribution in [-0.2, 0) is 20.7 Å². The molecule has 0 saturated heterocycles. The minimum absolute atomic E-state index is 0.0594. The first-order valence-corrected chi connectivity index (χ1v) is 15.1. The van der Waals surface area contributed by atoms with Gasteiger partial charge in [0.2, 0.25) is 11.8 Å². The number of rotatable bonds is 6. The molecule has 0 saturated carbocycles. The Balaban J connectivity index is 1.56. The molecule has 2 aromatic heterocycles. The molecule has 13 nitrogen and oxygen atoms in total. The number of thiazole rings is 1. The summed E-state index contributed by atoms with van der Waals surface area (Å²) in [6.45, 7) is 4.13. The summed E-state index contributed by atoms with van der Waals surface area (Å²) in [5.41, 5.74) is 0.898. The Bertz CT molecular complexity index is 1480. The Kier molecular flexibility index (Phi) is 11.1. The molecule has 3 aromatic rings. The van der Waals surface area contributed by atoms with E-state index in [1.807, 2.05) is 44.2 Å². The van der Waals surface area contributed by atoms with Crippen molar-refractivity contribution >= 4 is 40.9 Å². The fraction of sp³-hybridized carbons (Fsp3) is 0.400. The molecule has 1 aliphatic heterocycles. The van der Waals surface area contributed by atoms with E-state index in [4.69, 9.17) is 0 Å². The van der Waals surface area contributed by atoms with Gasteiger partial charge in [-0.05, 0) is 30.7 Å². The number of esters is 1. The van der Waals surface area contributed by atoms with Crippen molar-refractivity contribution in [1.82, 2.24) is 36.2 Å². The Morgan fingerprint density at radius 3 is 2.43 bits per heavy atom. The predicted molar refractivity (Wildman–Crippen MR) is 161 cm³/mol. The van der Waals surface area contributed by atoms with Gasteiger partial charge in [0.15, 0.2) is 5.69 Å². The summed E-state index contributed by atoms with van der Waals surface area (Å²) in [7, 11) is 1.21. The fourth-order valence-electron chi connectivity index (χ4n) is 4.56. The van der Waals surface area contributed by atoms with E-state index in [0.29, 0.717) is 30.8 Å². The van der Waals surface area contributed by atoms with Crippen LogP contribution in [0.3, 0.4) is 0 Å². The zero-order chi connectivity index (χ0) is 31.6. The highest BCUT2D eigenvalue weighted by Gasteiger charge is 2.30. The van der Waals surface area contributed by atoms with E-state index in [2.05, 4.69) is 41.0 Å². The van der Waals surface area contributed by atoms with Crippen molar-refractivity contribution in [3.8, 4) is 0 Å². The van der Waals surface area contributed by atoms with Crippen LogP contribution >= 0.6 is 11.3 Å². The Labute approximate surface area is 258 Å². The van der Waals surface area contributed by atoms with Gasteiger partial charge in [-0.3, -0.25) is 19.2 Å². The van der Waals surface area contributed by atoms with E-state index in [1.165, 1.54) is 18.4 Å². The molecule has 4 rings (SSSR count). The van der Waals surface area contributed by atoms with Gasteiger partial charge in [-0.2, -0.15) is 0 Å². The van der Waals surface area contributed by atoms with Gasteiger partial charge in [0.05, 0.1) is 25.5 Å². The zero-order valence-corrected chi connectivity index (χ0v) is 25.5. The number of hydrogen-bond donors (Lipinski definition) is 4. The number of methoxy groups -OCH3 is 1. The van der Waals surface area contributed by atoms with Crippen molar-refractivity contribution in [3.63, 3.8) is 0 Å². The standard InChI is InChI=1S/C30H35N7O6S/c1-17(2)24-29-36-23(16-44-29)28(41)35-20(13-18-9-5-4-6-10-18)25(38)31-12-8-7-11-19(26(39)37-24)34-27(40)21-14-33-22(15-32-21)30(42)43-3/h4-6,9-10,14-17,19-20,24H,7-8,11-13H2,1-3H3,(H,31,38)(H,34,40)(H,35,41)(H,37,39)/t19-,20+,24+/m0/s1. The van der Waals surface area contributed by atoms with Gasteiger partial charge in [-0.25, -0.2) is 19.7 Å². The summed E-state index contributed by atoms with van der Waals surface area (Å²) in [5, 5.41) is 13.5. The van der Waals surface area contributed by atoms with Gasteiger partial charge in [0, 0.05) is 18.3 Å². The van der Waals surface area contributed by atoms with Crippen LogP contribution in [0.25, 0.3) is 0 Å². The Morgan fingerprint density at radius 2 is 1.75 bits per heavy atom. The average molecular weight is 622 g/mol. The highest BCUT2D eigenvalue weighted by molar-refractivity contribution is 7.09. The van der Waals surface area contributed by atoms with Crippen molar-refractivity contribution in [1.29, 1.82) is 0 Å². The molecule has 0 spiro atoms. The molecule has 232 valence electrons. The van der Waals surface area contributed by atoms with E-state index >= 15 is 0 Å². The Hall–Kier alpha value is -4.72. The quantitative estimate of drug-likeness (QED) is 0.299. The molecule has 3 atom stereocenters. The van der Waals surface area contributed by atoms with Crippen molar-refractivity contribution in [3.05, 3.63) is 75.8 Å². The van der Waals surface area contributed by atoms with Crippen LogP contribution in [0.15, 0.2) is 48.1 Å². The van der Waals surface area contributed by atoms with Crippen LogP contribution < -0.4 is 21.3 Å². The summed E-state index contributed by atoms with van der Waals surface area (Å²) < 4.78 is 4.61. The molecule has 4 amide bonds. The normalized spacial score (nSPS) is 19.8. The summed E-state index contributed by atoms with van der Waals surface area (Å²) in [5.74, 6) is -2.69. The molecule has 0 unspecified atom stereocenters.